The van der Waals surface area contributed by atoms with E-state index < -0.39 is 10.1 Å². The van der Waals surface area contributed by atoms with E-state index in [1.54, 1.807) is 0 Å². The average molecular weight is 286 g/mol. The van der Waals surface area contributed by atoms with Crippen molar-refractivity contribution in [2.45, 2.75) is 32.1 Å². The van der Waals surface area contributed by atoms with Crippen molar-refractivity contribution < 1.29 is 12.6 Å². The van der Waals surface area contributed by atoms with Crippen molar-refractivity contribution in [2.24, 2.45) is 11.8 Å². The van der Waals surface area contributed by atoms with Gasteiger partial charge in [0.25, 0.3) is 10.1 Å². The van der Waals surface area contributed by atoms with Crippen molar-refractivity contribution in [3.8, 4) is 0 Å². The predicted octanol–water partition coefficient (Wildman–Crippen LogP) is 1.80. The van der Waals surface area contributed by atoms with Crippen LogP contribution in [-0.2, 0) is 14.3 Å². The Hall–Kier alpha value is 0.160. The Kier molecular flexibility index (Phi) is 8.37. The lowest BCUT2D eigenvalue weighted by Crippen LogP contribution is -2.22. The molecular formula is C11H24ClNO3S. The minimum absolute atomic E-state index is 0. The quantitative estimate of drug-likeness (QED) is 0.756. The maximum atomic E-state index is 10.8. The highest BCUT2D eigenvalue weighted by Crippen LogP contribution is 2.30. The molecule has 6 heteroatoms. The predicted molar refractivity (Wildman–Crippen MR) is 72.0 cm³/mol. The molecule has 0 spiro atoms. The van der Waals surface area contributed by atoms with Crippen LogP contribution in [0.15, 0.2) is 0 Å². The molecule has 0 heterocycles. The minimum atomic E-state index is -3.26. The van der Waals surface area contributed by atoms with Crippen LogP contribution in [0.5, 0.6) is 0 Å². The van der Waals surface area contributed by atoms with E-state index in [-0.39, 0.29) is 12.4 Å². The van der Waals surface area contributed by atoms with Crippen LogP contribution in [0.3, 0.4) is 0 Å². The smallest absolute Gasteiger partial charge is 0.264 e. The van der Waals surface area contributed by atoms with Gasteiger partial charge in [0.2, 0.25) is 0 Å². The first-order valence-electron chi connectivity index (χ1n) is 6.00. The summed E-state index contributed by atoms with van der Waals surface area (Å²) in [4.78, 5) is 0. The van der Waals surface area contributed by atoms with Crippen LogP contribution in [0.1, 0.15) is 32.1 Å². The highest BCUT2D eigenvalue weighted by molar-refractivity contribution is 7.85. The SMILES string of the molecule is CNCCC1CCC(COS(C)(=O)=O)CC1.Cl. The Morgan fingerprint density at radius 2 is 1.71 bits per heavy atom. The molecule has 104 valence electrons. The van der Waals surface area contributed by atoms with Crippen molar-refractivity contribution in [3.05, 3.63) is 0 Å². The van der Waals surface area contributed by atoms with Crippen molar-refractivity contribution in [1.82, 2.24) is 5.32 Å². The third-order valence-corrected chi connectivity index (χ3v) is 3.85. The van der Waals surface area contributed by atoms with Gasteiger partial charge in [-0.15, -0.1) is 12.4 Å². The molecule has 0 amide bonds. The van der Waals surface area contributed by atoms with Crippen LogP contribution in [0, 0.1) is 11.8 Å². The topological polar surface area (TPSA) is 55.4 Å². The Morgan fingerprint density at radius 1 is 1.18 bits per heavy atom. The van der Waals surface area contributed by atoms with E-state index in [0.29, 0.717) is 12.5 Å². The van der Waals surface area contributed by atoms with E-state index in [1.807, 2.05) is 7.05 Å². The Balaban J connectivity index is 0.00000256. The zero-order chi connectivity index (χ0) is 12.0. The molecule has 1 aliphatic carbocycles. The van der Waals surface area contributed by atoms with Gasteiger partial charge in [0.05, 0.1) is 12.9 Å². The molecule has 1 saturated carbocycles. The van der Waals surface area contributed by atoms with Crippen molar-refractivity contribution in [3.63, 3.8) is 0 Å². The number of hydrogen-bond acceptors (Lipinski definition) is 4. The highest BCUT2D eigenvalue weighted by atomic mass is 35.5. The molecule has 1 fully saturated rings. The molecule has 0 bridgehead atoms. The van der Waals surface area contributed by atoms with Crippen molar-refractivity contribution in [2.75, 3.05) is 26.5 Å². The van der Waals surface area contributed by atoms with Crippen LogP contribution in [0.2, 0.25) is 0 Å². The average Bonchev–Trinajstić information content (AvgIpc) is 2.24. The number of halogens is 1. The monoisotopic (exact) mass is 285 g/mol. The first-order valence-corrected chi connectivity index (χ1v) is 7.82. The lowest BCUT2D eigenvalue weighted by Gasteiger charge is -2.27. The molecule has 17 heavy (non-hydrogen) atoms. The summed E-state index contributed by atoms with van der Waals surface area (Å²) in [5.74, 6) is 1.24. The summed E-state index contributed by atoms with van der Waals surface area (Å²) in [5, 5.41) is 3.17. The van der Waals surface area contributed by atoms with Gasteiger partial charge in [-0.3, -0.25) is 4.18 Å². The Morgan fingerprint density at radius 3 is 2.18 bits per heavy atom. The van der Waals surface area contributed by atoms with E-state index in [9.17, 15) is 8.42 Å². The second-order valence-electron chi connectivity index (χ2n) is 4.77. The van der Waals surface area contributed by atoms with Crippen LogP contribution in [-0.4, -0.2) is 34.9 Å². The summed E-state index contributed by atoms with van der Waals surface area (Å²) in [7, 11) is -1.28. The molecule has 1 rings (SSSR count). The maximum absolute atomic E-state index is 10.8. The molecule has 0 aliphatic heterocycles. The second-order valence-corrected chi connectivity index (χ2v) is 6.41. The second kappa shape index (κ2) is 8.29. The molecule has 0 aromatic heterocycles. The summed E-state index contributed by atoms with van der Waals surface area (Å²) < 4.78 is 26.5. The molecule has 0 radical (unpaired) electrons. The number of rotatable bonds is 6. The zero-order valence-electron chi connectivity index (χ0n) is 10.6. The van der Waals surface area contributed by atoms with E-state index in [4.69, 9.17) is 4.18 Å². The summed E-state index contributed by atoms with van der Waals surface area (Å²) in [5.41, 5.74) is 0. The minimum Gasteiger partial charge on any atom is -0.320 e. The van der Waals surface area contributed by atoms with Crippen LogP contribution >= 0.6 is 12.4 Å². The molecule has 0 aromatic rings. The highest BCUT2D eigenvalue weighted by Gasteiger charge is 2.21. The lowest BCUT2D eigenvalue weighted by atomic mass is 9.81. The third-order valence-electron chi connectivity index (χ3n) is 3.29. The van der Waals surface area contributed by atoms with Gasteiger partial charge >= 0.3 is 0 Å². The lowest BCUT2D eigenvalue weighted by molar-refractivity contribution is 0.184. The van der Waals surface area contributed by atoms with E-state index in [0.717, 1.165) is 31.6 Å². The van der Waals surface area contributed by atoms with Crippen LogP contribution in [0.25, 0.3) is 0 Å². The number of nitrogens with one attached hydrogen (secondary N) is 1. The summed E-state index contributed by atoms with van der Waals surface area (Å²) in [6.45, 7) is 1.45. The number of hydrogen-bond donors (Lipinski definition) is 1. The molecular weight excluding hydrogens is 262 g/mol. The molecule has 0 unspecified atom stereocenters. The molecule has 0 atom stereocenters. The largest absolute Gasteiger partial charge is 0.320 e. The van der Waals surface area contributed by atoms with Crippen LogP contribution in [0.4, 0.5) is 0 Å². The van der Waals surface area contributed by atoms with Gasteiger partial charge in [0.15, 0.2) is 0 Å². The van der Waals surface area contributed by atoms with Crippen molar-refractivity contribution in [1.29, 1.82) is 0 Å². The van der Waals surface area contributed by atoms with Gasteiger partial charge in [-0.1, -0.05) is 12.8 Å². The van der Waals surface area contributed by atoms with Gasteiger partial charge in [-0.25, -0.2) is 0 Å². The van der Waals surface area contributed by atoms with E-state index in [1.165, 1.54) is 19.3 Å². The normalized spacial score (nSPS) is 25.3. The molecule has 4 nitrogen and oxygen atoms in total. The zero-order valence-corrected chi connectivity index (χ0v) is 12.3. The van der Waals surface area contributed by atoms with Gasteiger partial charge in [-0.05, 0) is 44.7 Å². The fraction of sp³-hybridized carbons (Fsp3) is 1.00. The van der Waals surface area contributed by atoms with Gasteiger partial charge in [-0.2, -0.15) is 8.42 Å². The maximum Gasteiger partial charge on any atom is 0.264 e. The van der Waals surface area contributed by atoms with E-state index in [2.05, 4.69) is 5.32 Å². The van der Waals surface area contributed by atoms with Gasteiger partial charge in [0.1, 0.15) is 0 Å². The Bertz CT molecular complexity index is 287. The first kappa shape index (κ1) is 17.2. The standard InChI is InChI=1S/C11H23NO3S.ClH/c1-12-8-7-10-3-5-11(6-4-10)9-15-16(2,13)14;/h10-12H,3-9H2,1-2H3;1H. The summed E-state index contributed by atoms with van der Waals surface area (Å²) in [6.07, 6.45) is 6.97. The van der Waals surface area contributed by atoms with Gasteiger partial charge in [0, 0.05) is 0 Å². The Labute approximate surface area is 111 Å². The molecule has 0 saturated heterocycles. The molecule has 0 aromatic carbocycles. The van der Waals surface area contributed by atoms with E-state index >= 15 is 0 Å². The molecule has 1 aliphatic rings. The van der Waals surface area contributed by atoms with Crippen LogP contribution < -0.4 is 5.32 Å². The first-order chi connectivity index (χ1) is 7.51. The molecule has 1 N–H and O–H groups in total. The fourth-order valence-electron chi connectivity index (χ4n) is 2.26. The third kappa shape index (κ3) is 7.97. The summed E-state index contributed by atoms with van der Waals surface area (Å²) >= 11 is 0. The van der Waals surface area contributed by atoms with Gasteiger partial charge < -0.3 is 5.32 Å². The van der Waals surface area contributed by atoms with Crippen molar-refractivity contribution >= 4 is 22.5 Å². The summed E-state index contributed by atoms with van der Waals surface area (Å²) in [6, 6.07) is 0. The fourth-order valence-corrected chi connectivity index (χ4v) is 2.69.